The van der Waals surface area contributed by atoms with E-state index in [0.29, 0.717) is 0 Å². The molecule has 0 fully saturated rings. The van der Waals surface area contributed by atoms with Gasteiger partial charge in [0, 0.05) is 7.05 Å². The van der Waals surface area contributed by atoms with Crippen LogP contribution in [0.1, 0.15) is 18.1 Å². The summed E-state index contributed by atoms with van der Waals surface area (Å²) in [5.41, 5.74) is 1.88. The number of benzene rings is 2. The van der Waals surface area contributed by atoms with Crippen molar-refractivity contribution < 1.29 is 4.79 Å². The van der Waals surface area contributed by atoms with E-state index < -0.39 is 5.54 Å². The van der Waals surface area contributed by atoms with E-state index in [1.165, 1.54) is 5.56 Å². The second kappa shape index (κ2) is 6.77. The molecule has 0 spiro atoms. The molecule has 0 N–H and O–H groups in total. The predicted octanol–water partition coefficient (Wildman–Crippen LogP) is 3.84. The van der Waals surface area contributed by atoms with Crippen LogP contribution in [0.5, 0.6) is 0 Å². The summed E-state index contributed by atoms with van der Waals surface area (Å²) < 4.78 is 0. The minimum atomic E-state index is -0.422. The zero-order chi connectivity index (χ0) is 15.3. The van der Waals surface area contributed by atoms with Gasteiger partial charge in [-0.05, 0) is 24.5 Å². The maximum atomic E-state index is 12.1. The zero-order valence-electron chi connectivity index (χ0n) is 12.4. The van der Waals surface area contributed by atoms with Crippen LogP contribution in [0.25, 0.3) is 0 Å². The van der Waals surface area contributed by atoms with Crippen LogP contribution < -0.4 is 0 Å². The third-order valence-electron chi connectivity index (χ3n) is 4.02. The molecular weight excluding hydrogens is 282 g/mol. The Labute approximate surface area is 131 Å². The maximum Gasteiger partial charge on any atom is 0.237 e. The Hall–Kier alpha value is -1.80. The van der Waals surface area contributed by atoms with Gasteiger partial charge in [-0.15, -0.1) is 11.6 Å². The van der Waals surface area contributed by atoms with Gasteiger partial charge in [0.25, 0.3) is 0 Å². The molecular formula is C18H20ClNO. The van der Waals surface area contributed by atoms with E-state index in [0.717, 1.165) is 12.0 Å². The number of carbonyl (C=O) groups is 1. The fraction of sp³-hybridized carbons (Fsp3) is 0.278. The molecule has 1 unspecified atom stereocenters. The Morgan fingerprint density at radius 3 is 2.10 bits per heavy atom. The van der Waals surface area contributed by atoms with Crippen LogP contribution in [0.15, 0.2) is 60.7 Å². The Morgan fingerprint density at radius 2 is 1.57 bits per heavy atom. The molecule has 2 nitrogen and oxygen atoms in total. The normalized spacial score (nSPS) is 13.5. The molecule has 110 valence electrons. The monoisotopic (exact) mass is 301 g/mol. The van der Waals surface area contributed by atoms with E-state index in [1.54, 1.807) is 4.90 Å². The summed E-state index contributed by atoms with van der Waals surface area (Å²) in [5, 5.41) is 0. The Morgan fingerprint density at radius 1 is 1.05 bits per heavy atom. The number of alkyl halides is 1. The lowest BCUT2D eigenvalue weighted by atomic mass is 9.84. The Bertz CT molecular complexity index is 585. The van der Waals surface area contributed by atoms with E-state index in [9.17, 15) is 4.79 Å². The highest BCUT2D eigenvalue weighted by molar-refractivity contribution is 6.27. The van der Waals surface area contributed by atoms with Crippen molar-refractivity contribution in [1.29, 1.82) is 0 Å². The van der Waals surface area contributed by atoms with Gasteiger partial charge < -0.3 is 4.90 Å². The van der Waals surface area contributed by atoms with E-state index in [4.69, 9.17) is 11.6 Å². The number of likely N-dealkylation sites (N-methyl/N-ethyl adjacent to an activating group) is 1. The first-order valence-electron chi connectivity index (χ1n) is 7.00. The van der Waals surface area contributed by atoms with Crippen molar-refractivity contribution in [1.82, 2.24) is 4.90 Å². The molecule has 21 heavy (non-hydrogen) atoms. The minimum Gasteiger partial charge on any atom is -0.335 e. The van der Waals surface area contributed by atoms with Gasteiger partial charge in [-0.2, -0.15) is 0 Å². The van der Waals surface area contributed by atoms with E-state index >= 15 is 0 Å². The van der Waals surface area contributed by atoms with Crippen LogP contribution in [0.4, 0.5) is 0 Å². The fourth-order valence-electron chi connectivity index (χ4n) is 2.57. The number of halogens is 1. The van der Waals surface area contributed by atoms with Crippen LogP contribution >= 0.6 is 11.6 Å². The molecule has 2 rings (SSSR count). The van der Waals surface area contributed by atoms with Gasteiger partial charge in [0.1, 0.15) is 5.88 Å². The first-order valence-corrected chi connectivity index (χ1v) is 7.53. The van der Waals surface area contributed by atoms with Gasteiger partial charge in [-0.25, -0.2) is 0 Å². The highest BCUT2D eigenvalue weighted by atomic mass is 35.5. The zero-order valence-corrected chi connectivity index (χ0v) is 13.2. The smallest absolute Gasteiger partial charge is 0.237 e. The SMILES string of the molecule is CN(C(=O)CCl)C(C)(Cc1ccccc1)c1ccccc1. The summed E-state index contributed by atoms with van der Waals surface area (Å²) in [7, 11) is 1.82. The van der Waals surface area contributed by atoms with E-state index in [2.05, 4.69) is 31.2 Å². The fourth-order valence-corrected chi connectivity index (χ4v) is 2.75. The molecule has 0 aromatic heterocycles. The van der Waals surface area contributed by atoms with Crippen LogP contribution in [0.2, 0.25) is 0 Å². The van der Waals surface area contributed by atoms with Gasteiger partial charge in [-0.1, -0.05) is 60.7 Å². The number of amides is 1. The second-order valence-electron chi connectivity index (χ2n) is 5.39. The summed E-state index contributed by atoms with van der Waals surface area (Å²) in [6.45, 7) is 2.08. The maximum absolute atomic E-state index is 12.1. The van der Waals surface area contributed by atoms with Gasteiger partial charge in [0.15, 0.2) is 0 Å². The molecule has 3 heteroatoms. The quantitative estimate of drug-likeness (QED) is 0.768. The molecule has 1 amide bonds. The second-order valence-corrected chi connectivity index (χ2v) is 5.66. The first-order chi connectivity index (χ1) is 10.1. The number of rotatable bonds is 5. The molecule has 0 radical (unpaired) electrons. The lowest BCUT2D eigenvalue weighted by Gasteiger charge is -2.39. The minimum absolute atomic E-state index is 0.00624. The summed E-state index contributed by atoms with van der Waals surface area (Å²) in [6, 6.07) is 20.3. The van der Waals surface area contributed by atoms with E-state index in [-0.39, 0.29) is 11.8 Å². The van der Waals surface area contributed by atoms with E-state index in [1.807, 2.05) is 43.4 Å². The standard InChI is InChI=1S/C18H20ClNO/c1-18(20(2)17(21)14-19,16-11-7-4-8-12-16)13-15-9-5-3-6-10-15/h3-12H,13-14H2,1-2H3. The molecule has 1 atom stereocenters. The average molecular weight is 302 g/mol. The van der Waals surface area contributed by atoms with Crippen molar-refractivity contribution in [2.45, 2.75) is 18.9 Å². The lowest BCUT2D eigenvalue weighted by Crippen LogP contribution is -2.47. The molecule has 0 bridgehead atoms. The molecule has 0 aliphatic carbocycles. The molecule has 2 aromatic carbocycles. The van der Waals surface area contributed by atoms with Crippen molar-refractivity contribution in [3.8, 4) is 0 Å². The molecule has 0 saturated heterocycles. The van der Waals surface area contributed by atoms with Crippen LogP contribution in [0.3, 0.4) is 0 Å². The van der Waals surface area contributed by atoms with Crippen molar-refractivity contribution in [2.24, 2.45) is 0 Å². The molecule has 0 aliphatic rings. The van der Waals surface area contributed by atoms with Crippen molar-refractivity contribution >= 4 is 17.5 Å². The predicted molar refractivity (Wildman–Crippen MR) is 87.4 cm³/mol. The van der Waals surface area contributed by atoms with Gasteiger partial charge in [0.2, 0.25) is 5.91 Å². The lowest BCUT2D eigenvalue weighted by molar-refractivity contribution is -0.132. The third-order valence-corrected chi connectivity index (χ3v) is 4.24. The highest BCUT2D eigenvalue weighted by Crippen LogP contribution is 2.31. The number of hydrogen-bond donors (Lipinski definition) is 0. The Balaban J connectivity index is 2.41. The van der Waals surface area contributed by atoms with Crippen LogP contribution in [0, 0.1) is 0 Å². The van der Waals surface area contributed by atoms with Crippen molar-refractivity contribution in [2.75, 3.05) is 12.9 Å². The summed E-state index contributed by atoms with van der Waals surface area (Å²) in [4.78, 5) is 13.9. The molecule has 0 heterocycles. The highest BCUT2D eigenvalue weighted by Gasteiger charge is 2.34. The number of nitrogens with zero attached hydrogens (tertiary/aromatic N) is 1. The van der Waals surface area contributed by atoms with Crippen LogP contribution in [-0.2, 0) is 16.8 Å². The molecule has 0 saturated carbocycles. The summed E-state index contributed by atoms with van der Waals surface area (Å²) in [6.07, 6.45) is 0.747. The van der Waals surface area contributed by atoms with Gasteiger partial charge >= 0.3 is 0 Å². The van der Waals surface area contributed by atoms with Crippen molar-refractivity contribution in [3.05, 3.63) is 71.8 Å². The average Bonchev–Trinajstić information content (AvgIpc) is 2.55. The largest absolute Gasteiger partial charge is 0.335 e. The van der Waals surface area contributed by atoms with Gasteiger partial charge in [0.05, 0.1) is 5.54 Å². The third kappa shape index (κ3) is 3.45. The summed E-state index contributed by atoms with van der Waals surface area (Å²) >= 11 is 5.75. The molecule has 2 aromatic rings. The number of hydrogen-bond acceptors (Lipinski definition) is 1. The van der Waals surface area contributed by atoms with Crippen LogP contribution in [-0.4, -0.2) is 23.7 Å². The first kappa shape index (κ1) is 15.6. The topological polar surface area (TPSA) is 20.3 Å². The molecule has 0 aliphatic heterocycles. The van der Waals surface area contributed by atoms with Gasteiger partial charge in [-0.3, -0.25) is 4.79 Å². The summed E-state index contributed by atoms with van der Waals surface area (Å²) in [5.74, 6) is -0.0767. The van der Waals surface area contributed by atoms with Crippen molar-refractivity contribution in [3.63, 3.8) is 0 Å². The number of carbonyl (C=O) groups excluding carboxylic acids is 1. The Kier molecular flexibility index (Phi) is 5.03.